The summed E-state index contributed by atoms with van der Waals surface area (Å²) >= 11 is 0. The Bertz CT molecular complexity index is 764. The van der Waals surface area contributed by atoms with Gasteiger partial charge < -0.3 is 0 Å². The Morgan fingerprint density at radius 3 is 2.41 bits per heavy atom. The molecule has 0 aliphatic rings. The van der Waals surface area contributed by atoms with Crippen molar-refractivity contribution in [3.8, 4) is 0 Å². The van der Waals surface area contributed by atoms with Crippen LogP contribution in [0.25, 0.3) is 0 Å². The van der Waals surface area contributed by atoms with Gasteiger partial charge in [0.1, 0.15) is 0 Å². The van der Waals surface area contributed by atoms with Gasteiger partial charge in [-0.3, -0.25) is 4.68 Å². The van der Waals surface area contributed by atoms with Gasteiger partial charge in [0.2, 0.25) is 10.0 Å². The van der Waals surface area contributed by atoms with E-state index < -0.39 is 10.0 Å². The molecule has 0 amide bonds. The lowest BCUT2D eigenvalue weighted by atomic mass is 10.1. The van der Waals surface area contributed by atoms with Gasteiger partial charge in [-0.25, -0.2) is 13.1 Å². The van der Waals surface area contributed by atoms with Crippen LogP contribution in [-0.2, 0) is 22.3 Å². The van der Waals surface area contributed by atoms with Crippen LogP contribution in [0.15, 0.2) is 24.3 Å². The fourth-order valence-electron chi connectivity index (χ4n) is 2.34. The lowest BCUT2D eigenvalue weighted by Crippen LogP contribution is -2.29. The number of benzene rings is 1. The molecule has 0 atom stereocenters. The van der Waals surface area contributed by atoms with Gasteiger partial charge in [0.15, 0.2) is 0 Å². The van der Waals surface area contributed by atoms with E-state index in [1.165, 1.54) is 0 Å². The molecule has 2 aromatic rings. The Hall–Kier alpha value is -1.66. The molecule has 0 saturated heterocycles. The molecule has 22 heavy (non-hydrogen) atoms. The molecule has 1 aromatic carbocycles. The van der Waals surface area contributed by atoms with Crippen molar-refractivity contribution >= 4 is 10.0 Å². The maximum Gasteiger partial charge on any atom is 0.215 e. The third-order valence-corrected chi connectivity index (χ3v) is 5.33. The Kier molecular flexibility index (Phi) is 5.03. The van der Waals surface area contributed by atoms with Crippen LogP contribution in [0, 0.1) is 27.7 Å². The number of sulfonamides is 1. The molecule has 1 heterocycles. The summed E-state index contributed by atoms with van der Waals surface area (Å²) in [6.45, 7) is 8.78. The molecule has 0 aliphatic heterocycles. The van der Waals surface area contributed by atoms with E-state index in [2.05, 4.69) is 9.82 Å². The van der Waals surface area contributed by atoms with Crippen molar-refractivity contribution in [3.63, 3.8) is 0 Å². The highest BCUT2D eigenvalue weighted by atomic mass is 32.2. The fourth-order valence-corrected chi connectivity index (χ4v) is 3.58. The van der Waals surface area contributed by atoms with Crippen LogP contribution in [0.3, 0.4) is 0 Å². The average Bonchev–Trinajstić information content (AvgIpc) is 2.69. The van der Waals surface area contributed by atoms with Gasteiger partial charge in [-0.05, 0) is 44.4 Å². The number of hydrogen-bond donors (Lipinski definition) is 1. The minimum absolute atomic E-state index is 0.00974. The maximum atomic E-state index is 12.2. The second-order valence-corrected chi connectivity index (χ2v) is 7.41. The summed E-state index contributed by atoms with van der Waals surface area (Å²) in [5, 5.41) is 4.41. The van der Waals surface area contributed by atoms with Gasteiger partial charge in [0.05, 0.1) is 18.0 Å². The summed E-state index contributed by atoms with van der Waals surface area (Å²) in [6.07, 6.45) is 0. The van der Waals surface area contributed by atoms with Crippen molar-refractivity contribution in [1.29, 1.82) is 0 Å². The molecule has 0 aliphatic carbocycles. The largest absolute Gasteiger partial charge is 0.268 e. The highest BCUT2D eigenvalue weighted by Crippen LogP contribution is 2.12. The van der Waals surface area contributed by atoms with E-state index >= 15 is 0 Å². The molecular weight excluding hydrogens is 298 g/mol. The minimum Gasteiger partial charge on any atom is -0.268 e. The molecule has 0 saturated carbocycles. The van der Waals surface area contributed by atoms with Crippen LogP contribution in [-0.4, -0.2) is 24.7 Å². The van der Waals surface area contributed by atoms with E-state index in [9.17, 15) is 8.42 Å². The number of aromatic nitrogens is 2. The van der Waals surface area contributed by atoms with Gasteiger partial charge >= 0.3 is 0 Å². The Balaban J connectivity index is 1.96. The Labute approximate surface area is 132 Å². The topological polar surface area (TPSA) is 64.0 Å². The monoisotopic (exact) mass is 321 g/mol. The molecule has 2 rings (SSSR count). The predicted octanol–water partition coefficient (Wildman–Crippen LogP) is 2.24. The number of hydrogen-bond acceptors (Lipinski definition) is 3. The summed E-state index contributed by atoms with van der Waals surface area (Å²) < 4.78 is 28.8. The molecule has 0 radical (unpaired) electrons. The molecule has 1 aromatic heterocycles. The van der Waals surface area contributed by atoms with Crippen LogP contribution in [0.2, 0.25) is 0 Å². The van der Waals surface area contributed by atoms with Crippen LogP contribution in [0.5, 0.6) is 0 Å². The summed E-state index contributed by atoms with van der Waals surface area (Å²) in [5.41, 5.74) is 5.04. The highest BCUT2D eigenvalue weighted by Gasteiger charge is 2.13. The van der Waals surface area contributed by atoms with E-state index in [4.69, 9.17) is 0 Å². The number of rotatable bonds is 6. The molecule has 120 valence electrons. The Morgan fingerprint density at radius 2 is 1.82 bits per heavy atom. The molecule has 5 nitrogen and oxygen atoms in total. The van der Waals surface area contributed by atoms with E-state index in [0.29, 0.717) is 13.1 Å². The molecule has 0 unspecified atom stereocenters. The second-order valence-electron chi connectivity index (χ2n) is 5.60. The standard InChI is InChI=1S/C16H23N3O2S/c1-12-7-5-6-8-16(12)11-22(20,21)17-9-10-19-15(4)13(2)14(3)18-19/h5-8,17H,9-11H2,1-4H3. The number of aryl methyl sites for hydroxylation is 2. The molecular formula is C16H23N3O2S. The minimum atomic E-state index is -3.33. The van der Waals surface area contributed by atoms with Crippen LogP contribution >= 0.6 is 0 Å². The summed E-state index contributed by atoms with van der Waals surface area (Å²) in [7, 11) is -3.33. The predicted molar refractivity (Wildman–Crippen MR) is 88.2 cm³/mol. The molecule has 1 N–H and O–H groups in total. The summed E-state index contributed by atoms with van der Waals surface area (Å²) in [4.78, 5) is 0. The van der Waals surface area contributed by atoms with Gasteiger partial charge in [0, 0.05) is 12.2 Å². The Morgan fingerprint density at radius 1 is 1.14 bits per heavy atom. The van der Waals surface area contributed by atoms with Gasteiger partial charge in [-0.1, -0.05) is 24.3 Å². The van der Waals surface area contributed by atoms with E-state index in [0.717, 1.165) is 28.1 Å². The summed E-state index contributed by atoms with van der Waals surface area (Å²) in [6, 6.07) is 7.53. The summed E-state index contributed by atoms with van der Waals surface area (Å²) in [5.74, 6) is 0.00974. The zero-order chi connectivity index (χ0) is 16.3. The van der Waals surface area contributed by atoms with Gasteiger partial charge in [0.25, 0.3) is 0 Å². The number of nitrogens with one attached hydrogen (secondary N) is 1. The smallest absolute Gasteiger partial charge is 0.215 e. The normalized spacial score (nSPS) is 11.8. The first kappa shape index (κ1) is 16.7. The number of nitrogens with zero attached hydrogens (tertiary/aromatic N) is 2. The SMILES string of the molecule is Cc1ccccc1CS(=O)(=O)NCCn1nc(C)c(C)c1C. The van der Waals surface area contributed by atoms with Crippen LogP contribution < -0.4 is 4.72 Å². The van der Waals surface area contributed by atoms with Crippen molar-refractivity contribution in [3.05, 3.63) is 52.3 Å². The third kappa shape index (κ3) is 3.96. The van der Waals surface area contributed by atoms with E-state index in [-0.39, 0.29) is 5.75 Å². The zero-order valence-corrected chi connectivity index (χ0v) is 14.4. The maximum absolute atomic E-state index is 12.2. The lowest BCUT2D eigenvalue weighted by Gasteiger charge is -2.09. The molecule has 0 fully saturated rings. The van der Waals surface area contributed by atoms with Gasteiger partial charge in [-0.2, -0.15) is 5.10 Å². The quantitative estimate of drug-likeness (QED) is 0.887. The molecule has 6 heteroatoms. The highest BCUT2D eigenvalue weighted by molar-refractivity contribution is 7.88. The zero-order valence-electron chi connectivity index (χ0n) is 13.5. The average molecular weight is 321 g/mol. The van der Waals surface area contributed by atoms with Crippen molar-refractivity contribution in [2.75, 3.05) is 6.54 Å². The second kappa shape index (κ2) is 6.62. The van der Waals surface area contributed by atoms with Crippen molar-refractivity contribution in [2.45, 2.75) is 40.0 Å². The van der Waals surface area contributed by atoms with Gasteiger partial charge in [-0.15, -0.1) is 0 Å². The molecule has 0 spiro atoms. The van der Waals surface area contributed by atoms with Crippen molar-refractivity contribution in [2.24, 2.45) is 0 Å². The fraction of sp³-hybridized carbons (Fsp3) is 0.438. The van der Waals surface area contributed by atoms with E-state index in [1.54, 1.807) is 0 Å². The first-order chi connectivity index (χ1) is 10.3. The lowest BCUT2D eigenvalue weighted by molar-refractivity contribution is 0.553. The van der Waals surface area contributed by atoms with Crippen molar-refractivity contribution < 1.29 is 8.42 Å². The molecule has 0 bridgehead atoms. The van der Waals surface area contributed by atoms with Crippen LogP contribution in [0.4, 0.5) is 0 Å². The van der Waals surface area contributed by atoms with Crippen molar-refractivity contribution in [1.82, 2.24) is 14.5 Å². The van der Waals surface area contributed by atoms with Crippen LogP contribution in [0.1, 0.15) is 28.1 Å². The first-order valence-corrected chi connectivity index (χ1v) is 8.98. The first-order valence-electron chi connectivity index (χ1n) is 7.32. The van der Waals surface area contributed by atoms with E-state index in [1.807, 2.05) is 56.6 Å². The third-order valence-electron chi connectivity index (χ3n) is 4.00.